The molecule has 0 radical (unpaired) electrons. The lowest BCUT2D eigenvalue weighted by molar-refractivity contribution is 0.0844. The molecule has 2 heterocycles. The molecule has 1 fully saturated rings. The fourth-order valence-corrected chi connectivity index (χ4v) is 3.67. The summed E-state index contributed by atoms with van der Waals surface area (Å²) < 4.78 is 0. The molecule has 0 saturated carbocycles. The second-order valence-corrected chi connectivity index (χ2v) is 6.88. The lowest BCUT2D eigenvalue weighted by atomic mass is 9.83. The van der Waals surface area contributed by atoms with Crippen LogP contribution in [-0.4, -0.2) is 23.0 Å². The summed E-state index contributed by atoms with van der Waals surface area (Å²) >= 11 is 7.55. The van der Waals surface area contributed by atoms with Gasteiger partial charge in [-0.3, -0.25) is 4.90 Å². The van der Waals surface area contributed by atoms with Crippen LogP contribution in [0.2, 0.25) is 0 Å². The quantitative estimate of drug-likeness (QED) is 0.772. The second-order valence-electron chi connectivity index (χ2n) is 5.72. The number of hydrogen-bond acceptors (Lipinski definition) is 3. The van der Waals surface area contributed by atoms with E-state index in [4.69, 9.17) is 11.6 Å². The summed E-state index contributed by atoms with van der Waals surface area (Å²) in [5.74, 6) is 0.523. The first kappa shape index (κ1) is 13.3. The molecule has 0 aromatic carbocycles. The van der Waals surface area contributed by atoms with Gasteiger partial charge in [0.15, 0.2) is 0 Å². The zero-order valence-corrected chi connectivity index (χ0v) is 12.4. The molecule has 0 N–H and O–H groups in total. The van der Waals surface area contributed by atoms with Crippen LogP contribution in [0.5, 0.6) is 0 Å². The van der Waals surface area contributed by atoms with Gasteiger partial charge in [0, 0.05) is 11.9 Å². The molecule has 0 spiro atoms. The van der Waals surface area contributed by atoms with Gasteiger partial charge in [-0.2, -0.15) is 0 Å². The molecule has 1 aromatic rings. The standard InChI is InChI=1S/C13H21ClN2S/c1-10(12-15-11(7-14)8-17-12)16-6-4-5-13(2,3)9-16/h8,10H,4-7,9H2,1-3H3. The SMILES string of the molecule is CC(c1nc(CCl)cs1)N1CCCC(C)(C)C1. The number of nitrogens with zero attached hydrogens (tertiary/aromatic N) is 2. The summed E-state index contributed by atoms with van der Waals surface area (Å²) in [6.07, 6.45) is 2.63. The molecule has 1 unspecified atom stereocenters. The third kappa shape index (κ3) is 3.21. The number of rotatable bonds is 3. The van der Waals surface area contributed by atoms with Crippen molar-refractivity contribution in [1.29, 1.82) is 0 Å². The minimum absolute atomic E-state index is 0.427. The molecular weight excluding hydrogens is 252 g/mol. The van der Waals surface area contributed by atoms with Crippen molar-refractivity contribution in [1.82, 2.24) is 9.88 Å². The number of alkyl halides is 1. The Morgan fingerprint density at radius 1 is 1.59 bits per heavy atom. The highest BCUT2D eigenvalue weighted by Crippen LogP contribution is 2.34. The minimum Gasteiger partial charge on any atom is -0.294 e. The Bertz CT molecular complexity index is 375. The Balaban J connectivity index is 2.06. The first-order valence-corrected chi connectivity index (χ1v) is 7.67. The van der Waals surface area contributed by atoms with Crippen LogP contribution < -0.4 is 0 Å². The molecule has 2 rings (SSSR count). The van der Waals surface area contributed by atoms with Crippen molar-refractivity contribution in [3.8, 4) is 0 Å². The first-order valence-electron chi connectivity index (χ1n) is 6.26. The van der Waals surface area contributed by atoms with Crippen molar-refractivity contribution >= 4 is 22.9 Å². The molecule has 1 saturated heterocycles. The van der Waals surface area contributed by atoms with E-state index < -0.39 is 0 Å². The molecule has 0 amide bonds. The van der Waals surface area contributed by atoms with Crippen LogP contribution in [0, 0.1) is 5.41 Å². The smallest absolute Gasteiger partial charge is 0.110 e. The molecular formula is C13H21ClN2S. The van der Waals surface area contributed by atoms with Gasteiger partial charge < -0.3 is 0 Å². The third-order valence-electron chi connectivity index (χ3n) is 3.54. The van der Waals surface area contributed by atoms with E-state index in [1.807, 2.05) is 0 Å². The van der Waals surface area contributed by atoms with Crippen molar-refractivity contribution in [3.05, 3.63) is 16.1 Å². The molecule has 2 nitrogen and oxygen atoms in total. The Morgan fingerprint density at radius 2 is 2.35 bits per heavy atom. The summed E-state index contributed by atoms with van der Waals surface area (Å²) in [6, 6.07) is 0.427. The van der Waals surface area contributed by atoms with Gasteiger partial charge in [0.2, 0.25) is 0 Å². The minimum atomic E-state index is 0.427. The summed E-state index contributed by atoms with van der Waals surface area (Å²) in [4.78, 5) is 7.15. The normalized spacial score (nSPS) is 22.6. The highest BCUT2D eigenvalue weighted by Gasteiger charge is 2.30. The average molecular weight is 273 g/mol. The second kappa shape index (κ2) is 5.25. The summed E-state index contributed by atoms with van der Waals surface area (Å²) in [7, 11) is 0. The van der Waals surface area contributed by atoms with Gasteiger partial charge in [0.25, 0.3) is 0 Å². The summed E-state index contributed by atoms with van der Waals surface area (Å²) in [5, 5.41) is 3.28. The number of thiazole rings is 1. The largest absolute Gasteiger partial charge is 0.294 e. The van der Waals surface area contributed by atoms with E-state index in [-0.39, 0.29) is 0 Å². The van der Waals surface area contributed by atoms with Gasteiger partial charge in [-0.15, -0.1) is 22.9 Å². The van der Waals surface area contributed by atoms with Crippen molar-refractivity contribution in [3.63, 3.8) is 0 Å². The maximum atomic E-state index is 5.81. The lowest BCUT2D eigenvalue weighted by Crippen LogP contribution is -2.41. The molecule has 0 aliphatic carbocycles. The predicted molar refractivity (Wildman–Crippen MR) is 74.7 cm³/mol. The van der Waals surface area contributed by atoms with Crippen molar-refractivity contribution in [2.75, 3.05) is 13.1 Å². The molecule has 4 heteroatoms. The fourth-order valence-electron chi connectivity index (χ4n) is 2.53. The Kier molecular flexibility index (Phi) is 4.11. The molecule has 1 atom stereocenters. The van der Waals surface area contributed by atoms with Crippen LogP contribution in [0.25, 0.3) is 0 Å². The first-order chi connectivity index (χ1) is 8.02. The molecule has 1 aliphatic heterocycles. The number of hydrogen-bond donors (Lipinski definition) is 0. The highest BCUT2D eigenvalue weighted by atomic mass is 35.5. The number of piperidine rings is 1. The summed E-state index contributed by atoms with van der Waals surface area (Å²) in [6.45, 7) is 9.35. The van der Waals surface area contributed by atoms with E-state index in [1.165, 1.54) is 30.9 Å². The fraction of sp³-hybridized carbons (Fsp3) is 0.769. The van der Waals surface area contributed by atoms with Crippen LogP contribution >= 0.6 is 22.9 Å². The van der Waals surface area contributed by atoms with Crippen molar-refractivity contribution in [2.24, 2.45) is 5.41 Å². The van der Waals surface area contributed by atoms with E-state index in [1.54, 1.807) is 11.3 Å². The van der Waals surface area contributed by atoms with Gasteiger partial charge in [0.05, 0.1) is 17.6 Å². The van der Waals surface area contributed by atoms with E-state index >= 15 is 0 Å². The molecule has 17 heavy (non-hydrogen) atoms. The van der Waals surface area contributed by atoms with E-state index in [0.717, 1.165) is 5.69 Å². The Hall–Kier alpha value is -0.120. The van der Waals surface area contributed by atoms with E-state index in [2.05, 4.69) is 36.0 Å². The van der Waals surface area contributed by atoms with Gasteiger partial charge in [-0.05, 0) is 31.7 Å². The highest BCUT2D eigenvalue weighted by molar-refractivity contribution is 7.09. The van der Waals surface area contributed by atoms with Crippen molar-refractivity contribution < 1.29 is 0 Å². The van der Waals surface area contributed by atoms with Crippen LogP contribution in [0.1, 0.15) is 50.4 Å². The number of likely N-dealkylation sites (tertiary alicyclic amines) is 1. The maximum Gasteiger partial charge on any atom is 0.110 e. The van der Waals surface area contributed by atoms with E-state index in [0.29, 0.717) is 17.3 Å². The monoisotopic (exact) mass is 272 g/mol. The Labute approximate surface area is 113 Å². The predicted octanol–water partition coefficient (Wildman–Crippen LogP) is 4.06. The zero-order chi connectivity index (χ0) is 12.5. The van der Waals surface area contributed by atoms with Gasteiger partial charge in [-0.1, -0.05) is 13.8 Å². The summed E-state index contributed by atoms with van der Waals surface area (Å²) in [5.41, 5.74) is 1.45. The maximum absolute atomic E-state index is 5.81. The van der Waals surface area contributed by atoms with Crippen LogP contribution in [0.3, 0.4) is 0 Å². The van der Waals surface area contributed by atoms with Crippen LogP contribution in [0.4, 0.5) is 0 Å². The van der Waals surface area contributed by atoms with Crippen LogP contribution in [0.15, 0.2) is 5.38 Å². The number of aromatic nitrogens is 1. The lowest BCUT2D eigenvalue weighted by Gasteiger charge is -2.40. The average Bonchev–Trinajstić information content (AvgIpc) is 2.75. The molecule has 96 valence electrons. The van der Waals surface area contributed by atoms with Gasteiger partial charge >= 0.3 is 0 Å². The van der Waals surface area contributed by atoms with Gasteiger partial charge in [0.1, 0.15) is 5.01 Å². The zero-order valence-electron chi connectivity index (χ0n) is 10.9. The molecule has 1 aliphatic rings. The number of halogens is 1. The molecule has 1 aromatic heterocycles. The third-order valence-corrected chi connectivity index (χ3v) is 4.88. The van der Waals surface area contributed by atoms with E-state index in [9.17, 15) is 0 Å². The topological polar surface area (TPSA) is 16.1 Å². The van der Waals surface area contributed by atoms with Crippen molar-refractivity contribution in [2.45, 2.75) is 45.5 Å². The van der Waals surface area contributed by atoms with Gasteiger partial charge in [-0.25, -0.2) is 4.98 Å². The van der Waals surface area contributed by atoms with Crippen LogP contribution in [-0.2, 0) is 5.88 Å². The Morgan fingerprint density at radius 3 is 2.94 bits per heavy atom. The molecule has 0 bridgehead atoms.